The molecule has 16 heavy (non-hydrogen) atoms. The predicted octanol–water partition coefficient (Wildman–Crippen LogP) is 3.62. The fraction of sp³-hybridized carbons (Fsp3) is 0.500. The molecular weight excluding hydrogens is 247 g/mol. The van der Waals surface area contributed by atoms with Crippen molar-refractivity contribution in [3.8, 4) is 5.75 Å². The highest BCUT2D eigenvalue weighted by Crippen LogP contribution is 2.32. The maximum atomic E-state index is 9.84. The molecule has 0 aliphatic rings. The summed E-state index contributed by atoms with van der Waals surface area (Å²) >= 11 is 11.3. The third-order valence-electron chi connectivity index (χ3n) is 2.09. The molecule has 0 saturated heterocycles. The molecule has 90 valence electrons. The van der Waals surface area contributed by atoms with Crippen molar-refractivity contribution in [2.75, 3.05) is 0 Å². The molecule has 0 bridgehead atoms. The van der Waals surface area contributed by atoms with Gasteiger partial charge in [-0.1, -0.05) is 12.1 Å². The lowest BCUT2D eigenvalue weighted by atomic mass is 10.1. The number of halogens is 2. The number of alkyl halides is 2. The summed E-state index contributed by atoms with van der Waals surface area (Å²) in [6.07, 6.45) is -0.894. The molecule has 0 spiro atoms. The van der Waals surface area contributed by atoms with Gasteiger partial charge in [0.25, 0.3) is 0 Å². The fourth-order valence-electron chi connectivity index (χ4n) is 1.38. The van der Waals surface area contributed by atoms with E-state index in [0.717, 1.165) is 5.56 Å². The first-order valence-electron chi connectivity index (χ1n) is 5.15. The lowest BCUT2D eigenvalue weighted by molar-refractivity contribution is 0.177. The number of hydrogen-bond acceptors (Lipinski definition) is 2. The lowest BCUT2D eigenvalue weighted by Gasteiger charge is -2.19. The van der Waals surface area contributed by atoms with E-state index in [4.69, 9.17) is 27.9 Å². The van der Waals surface area contributed by atoms with Gasteiger partial charge in [-0.15, -0.1) is 23.2 Å². The number of aryl methyl sites for hydroxylation is 1. The molecular formula is C12H16Cl2O2. The van der Waals surface area contributed by atoms with Crippen molar-refractivity contribution in [3.05, 3.63) is 29.3 Å². The van der Waals surface area contributed by atoms with E-state index >= 15 is 0 Å². The van der Waals surface area contributed by atoms with Crippen molar-refractivity contribution in [2.24, 2.45) is 0 Å². The summed E-state index contributed by atoms with van der Waals surface area (Å²) in [5.41, 5.74) is 1.68. The van der Waals surface area contributed by atoms with Crippen LogP contribution in [0.4, 0.5) is 0 Å². The molecule has 1 N–H and O–H groups in total. The Hall–Kier alpha value is -0.440. The highest BCUT2D eigenvalue weighted by Gasteiger charge is 2.20. The minimum absolute atomic E-state index is 0.0388. The van der Waals surface area contributed by atoms with Crippen molar-refractivity contribution in [1.82, 2.24) is 0 Å². The average molecular weight is 263 g/mol. The van der Waals surface area contributed by atoms with Gasteiger partial charge in [-0.05, 0) is 32.4 Å². The number of rotatable bonds is 4. The number of aliphatic hydroxyl groups is 1. The molecule has 2 nitrogen and oxygen atoms in total. The van der Waals surface area contributed by atoms with Gasteiger partial charge in [0.2, 0.25) is 0 Å². The summed E-state index contributed by atoms with van der Waals surface area (Å²) in [4.78, 5) is -0.864. The largest absolute Gasteiger partial charge is 0.491 e. The Bertz CT molecular complexity index is 351. The van der Waals surface area contributed by atoms with Crippen molar-refractivity contribution in [1.29, 1.82) is 0 Å². The molecule has 0 fully saturated rings. The van der Waals surface area contributed by atoms with E-state index in [1.54, 1.807) is 6.07 Å². The van der Waals surface area contributed by atoms with E-state index in [9.17, 15) is 5.11 Å². The van der Waals surface area contributed by atoms with E-state index in [1.807, 2.05) is 32.9 Å². The summed E-state index contributed by atoms with van der Waals surface area (Å²) in [7, 11) is 0. The molecule has 0 amide bonds. The summed E-state index contributed by atoms with van der Waals surface area (Å²) in [6.45, 7) is 5.82. The van der Waals surface area contributed by atoms with Crippen LogP contribution in [-0.4, -0.2) is 16.0 Å². The average Bonchev–Trinajstić information content (AvgIpc) is 2.15. The van der Waals surface area contributed by atoms with E-state index in [1.165, 1.54) is 0 Å². The molecule has 4 heteroatoms. The lowest BCUT2D eigenvalue weighted by Crippen LogP contribution is -2.12. The van der Waals surface area contributed by atoms with Gasteiger partial charge in [0.1, 0.15) is 16.7 Å². The van der Waals surface area contributed by atoms with Gasteiger partial charge in [-0.2, -0.15) is 0 Å². The number of benzene rings is 1. The topological polar surface area (TPSA) is 29.5 Å². The van der Waals surface area contributed by atoms with E-state index in [0.29, 0.717) is 11.3 Å². The molecule has 0 heterocycles. The molecule has 0 saturated carbocycles. The highest BCUT2D eigenvalue weighted by atomic mass is 35.5. The standard InChI is InChI=1S/C12H16Cl2O2/c1-7(2)16-10-6-8(3)4-5-9(10)11(15)12(13)14/h4-7,11-12,15H,1-3H3. The fourth-order valence-corrected chi connectivity index (χ4v) is 1.65. The van der Waals surface area contributed by atoms with Crippen LogP contribution < -0.4 is 4.74 Å². The van der Waals surface area contributed by atoms with Gasteiger partial charge in [-0.25, -0.2) is 0 Å². The Balaban J connectivity index is 3.06. The monoisotopic (exact) mass is 262 g/mol. The van der Waals surface area contributed by atoms with Gasteiger partial charge in [0, 0.05) is 5.56 Å². The van der Waals surface area contributed by atoms with Crippen LogP contribution in [0.3, 0.4) is 0 Å². The summed E-state index contributed by atoms with van der Waals surface area (Å²) in [5.74, 6) is 0.633. The van der Waals surface area contributed by atoms with E-state index in [-0.39, 0.29) is 6.10 Å². The minimum atomic E-state index is -0.933. The third kappa shape index (κ3) is 3.55. The Labute approximate surface area is 106 Å². The molecule has 1 unspecified atom stereocenters. The van der Waals surface area contributed by atoms with E-state index in [2.05, 4.69) is 0 Å². The molecule has 0 aliphatic heterocycles. The molecule has 0 aliphatic carbocycles. The molecule has 1 aromatic rings. The summed E-state index contributed by atoms with van der Waals surface area (Å²) < 4.78 is 5.62. The van der Waals surface area contributed by atoms with Crippen molar-refractivity contribution in [2.45, 2.75) is 37.8 Å². The van der Waals surface area contributed by atoms with Crippen molar-refractivity contribution in [3.63, 3.8) is 0 Å². The zero-order valence-corrected chi connectivity index (χ0v) is 11.1. The van der Waals surface area contributed by atoms with Gasteiger partial charge >= 0.3 is 0 Å². The number of aliphatic hydroxyl groups excluding tert-OH is 1. The summed E-state index contributed by atoms with van der Waals surface area (Å²) in [6, 6.07) is 5.55. The van der Waals surface area contributed by atoms with Gasteiger partial charge in [-0.3, -0.25) is 0 Å². The second kappa shape index (κ2) is 5.76. The Morgan fingerprint density at radius 2 is 1.88 bits per heavy atom. The SMILES string of the molecule is Cc1ccc(C(O)C(Cl)Cl)c(OC(C)C)c1. The molecule has 0 radical (unpaired) electrons. The number of hydrogen-bond donors (Lipinski definition) is 1. The predicted molar refractivity (Wildman–Crippen MR) is 67.4 cm³/mol. The first-order chi connectivity index (χ1) is 7.41. The molecule has 0 aromatic heterocycles. The maximum Gasteiger partial charge on any atom is 0.137 e. The minimum Gasteiger partial charge on any atom is -0.491 e. The quantitative estimate of drug-likeness (QED) is 0.841. The molecule has 1 aromatic carbocycles. The molecule has 1 atom stereocenters. The van der Waals surface area contributed by atoms with Crippen LogP contribution in [0.5, 0.6) is 5.75 Å². The normalized spacial score (nSPS) is 13.2. The van der Waals surface area contributed by atoms with Gasteiger partial charge in [0.15, 0.2) is 0 Å². The van der Waals surface area contributed by atoms with Crippen LogP contribution in [0.2, 0.25) is 0 Å². The van der Waals surface area contributed by atoms with Gasteiger partial charge in [0.05, 0.1) is 6.10 Å². The van der Waals surface area contributed by atoms with Crippen molar-refractivity contribution < 1.29 is 9.84 Å². The Morgan fingerprint density at radius 1 is 1.25 bits per heavy atom. The second-order valence-corrected chi connectivity index (χ2v) is 5.15. The summed E-state index contributed by atoms with van der Waals surface area (Å²) in [5, 5.41) is 9.84. The zero-order valence-electron chi connectivity index (χ0n) is 9.58. The first kappa shape index (κ1) is 13.6. The Morgan fingerprint density at radius 3 is 2.38 bits per heavy atom. The van der Waals surface area contributed by atoms with Crippen LogP contribution in [0.15, 0.2) is 18.2 Å². The second-order valence-electron chi connectivity index (χ2n) is 3.99. The van der Waals surface area contributed by atoms with Crippen LogP contribution >= 0.6 is 23.2 Å². The smallest absolute Gasteiger partial charge is 0.137 e. The number of ether oxygens (including phenoxy) is 1. The first-order valence-corrected chi connectivity index (χ1v) is 6.02. The van der Waals surface area contributed by atoms with Crippen LogP contribution in [0, 0.1) is 6.92 Å². The van der Waals surface area contributed by atoms with Crippen LogP contribution in [0.25, 0.3) is 0 Å². The Kier molecular flexibility index (Phi) is 4.90. The van der Waals surface area contributed by atoms with Crippen molar-refractivity contribution >= 4 is 23.2 Å². The van der Waals surface area contributed by atoms with E-state index < -0.39 is 10.9 Å². The van der Waals surface area contributed by atoms with Gasteiger partial charge < -0.3 is 9.84 Å². The van der Waals surface area contributed by atoms with Crippen LogP contribution in [0.1, 0.15) is 31.1 Å². The zero-order chi connectivity index (χ0) is 12.3. The van der Waals surface area contributed by atoms with Crippen LogP contribution in [-0.2, 0) is 0 Å². The maximum absolute atomic E-state index is 9.84. The third-order valence-corrected chi connectivity index (χ3v) is 2.57. The highest BCUT2D eigenvalue weighted by molar-refractivity contribution is 6.44. The molecule has 1 rings (SSSR count).